The molecule has 2 aliphatic rings. The molecule has 0 spiro atoms. The van der Waals surface area contributed by atoms with Crippen LogP contribution in [0, 0.1) is 0 Å². The Balaban J connectivity index is 2.01. The van der Waals surface area contributed by atoms with Crippen molar-refractivity contribution in [1.29, 1.82) is 0 Å². The first-order valence-corrected chi connectivity index (χ1v) is 7.58. The van der Waals surface area contributed by atoms with E-state index in [0.717, 1.165) is 38.5 Å². The van der Waals surface area contributed by atoms with Gasteiger partial charge in [0.1, 0.15) is 6.04 Å². The summed E-state index contributed by atoms with van der Waals surface area (Å²) in [5.74, 6) is -0.704. The fourth-order valence-electron chi connectivity index (χ4n) is 3.00. The Morgan fingerprint density at radius 3 is 2.52 bits per heavy atom. The fraction of sp³-hybridized carbons (Fsp3) is 0.786. The lowest BCUT2D eigenvalue weighted by molar-refractivity contribution is -0.126. The number of rotatable bonds is 3. The molecule has 0 aromatic carbocycles. The van der Waals surface area contributed by atoms with Crippen LogP contribution in [-0.4, -0.2) is 41.1 Å². The molecule has 0 bridgehead atoms. The van der Waals surface area contributed by atoms with Crippen LogP contribution in [0.15, 0.2) is 0 Å². The highest BCUT2D eigenvalue weighted by atomic mass is 16.3. The summed E-state index contributed by atoms with van der Waals surface area (Å²) >= 11 is 0. The Labute approximate surface area is 123 Å². The Bertz CT molecular complexity index is 416. The summed E-state index contributed by atoms with van der Waals surface area (Å²) in [5, 5.41) is 17.2. The highest BCUT2D eigenvalue weighted by molar-refractivity contribution is 5.98. The van der Waals surface area contributed by atoms with E-state index in [9.17, 15) is 19.5 Å². The summed E-state index contributed by atoms with van der Waals surface area (Å²) in [6.07, 6.45) is 6.04. The minimum atomic E-state index is -0.733. The van der Waals surface area contributed by atoms with Crippen LogP contribution in [-0.2, 0) is 9.59 Å². The lowest BCUT2D eigenvalue weighted by Crippen LogP contribution is -2.57. The highest BCUT2D eigenvalue weighted by Gasteiger charge is 2.35. The molecule has 7 nitrogen and oxygen atoms in total. The number of carbonyl (C=O) groups is 3. The molecule has 118 valence electrons. The lowest BCUT2D eigenvalue weighted by atomic mass is 9.90. The zero-order valence-corrected chi connectivity index (χ0v) is 12.1. The third kappa shape index (κ3) is 4.17. The summed E-state index contributed by atoms with van der Waals surface area (Å²) < 4.78 is 0. The van der Waals surface area contributed by atoms with Gasteiger partial charge in [0.05, 0.1) is 12.1 Å². The van der Waals surface area contributed by atoms with Crippen molar-refractivity contribution in [3.05, 3.63) is 0 Å². The van der Waals surface area contributed by atoms with Crippen LogP contribution in [0.2, 0.25) is 0 Å². The number of urea groups is 1. The zero-order valence-electron chi connectivity index (χ0n) is 12.1. The molecule has 2 fully saturated rings. The summed E-state index contributed by atoms with van der Waals surface area (Å²) in [6.45, 7) is -0.101. The van der Waals surface area contributed by atoms with Crippen molar-refractivity contribution < 1.29 is 19.5 Å². The molecule has 4 amide bonds. The van der Waals surface area contributed by atoms with Crippen molar-refractivity contribution in [3.8, 4) is 0 Å². The van der Waals surface area contributed by atoms with E-state index in [-0.39, 0.29) is 31.3 Å². The van der Waals surface area contributed by atoms with Crippen molar-refractivity contribution in [2.24, 2.45) is 0 Å². The van der Waals surface area contributed by atoms with Gasteiger partial charge in [-0.2, -0.15) is 0 Å². The van der Waals surface area contributed by atoms with Gasteiger partial charge >= 0.3 is 6.03 Å². The Hall–Kier alpha value is -1.63. The number of aliphatic hydroxyl groups is 1. The van der Waals surface area contributed by atoms with Crippen LogP contribution in [0.1, 0.15) is 51.4 Å². The largest absolute Gasteiger partial charge is 0.394 e. The van der Waals surface area contributed by atoms with E-state index in [1.165, 1.54) is 0 Å². The Morgan fingerprint density at radius 2 is 1.90 bits per heavy atom. The number of hydrogen-bond acceptors (Lipinski definition) is 4. The van der Waals surface area contributed by atoms with Gasteiger partial charge < -0.3 is 15.7 Å². The van der Waals surface area contributed by atoms with E-state index in [2.05, 4.69) is 16.0 Å². The predicted octanol–water partition coefficient (Wildman–Crippen LogP) is 0.176. The van der Waals surface area contributed by atoms with Crippen LogP contribution in [0.4, 0.5) is 4.79 Å². The Morgan fingerprint density at radius 1 is 1.24 bits per heavy atom. The zero-order chi connectivity index (χ0) is 15.3. The number of imide groups is 1. The molecule has 7 heteroatoms. The van der Waals surface area contributed by atoms with Gasteiger partial charge in [0.15, 0.2) is 0 Å². The quantitative estimate of drug-likeness (QED) is 0.557. The van der Waals surface area contributed by atoms with Crippen molar-refractivity contribution in [1.82, 2.24) is 16.0 Å². The molecular weight excluding hydrogens is 274 g/mol. The van der Waals surface area contributed by atoms with Crippen molar-refractivity contribution in [2.45, 2.75) is 62.9 Å². The van der Waals surface area contributed by atoms with E-state index in [1.54, 1.807) is 0 Å². The van der Waals surface area contributed by atoms with Gasteiger partial charge in [-0.15, -0.1) is 0 Å². The third-order valence-electron chi connectivity index (χ3n) is 4.29. The Kier molecular flexibility index (Phi) is 5.17. The van der Waals surface area contributed by atoms with E-state index in [4.69, 9.17) is 0 Å². The first kappa shape index (κ1) is 15.8. The average molecular weight is 297 g/mol. The second-order valence-electron chi connectivity index (χ2n) is 5.95. The van der Waals surface area contributed by atoms with Gasteiger partial charge in [-0.3, -0.25) is 14.9 Å². The second-order valence-corrected chi connectivity index (χ2v) is 5.95. The van der Waals surface area contributed by atoms with Crippen molar-refractivity contribution in [3.63, 3.8) is 0 Å². The molecule has 1 saturated carbocycles. The van der Waals surface area contributed by atoms with Gasteiger partial charge in [0.25, 0.3) is 0 Å². The van der Waals surface area contributed by atoms with Crippen LogP contribution >= 0.6 is 0 Å². The number of nitrogens with one attached hydrogen (secondary N) is 3. The number of aliphatic hydroxyl groups excluding tert-OH is 1. The molecule has 1 aliphatic heterocycles. The number of amides is 4. The molecule has 1 heterocycles. The first-order chi connectivity index (χ1) is 10.0. The molecular formula is C14H23N3O4. The SMILES string of the molecule is O=C1CC[C@@H](C(=O)NC2(CO)CCCCCC2)NC(=O)N1. The molecule has 2 rings (SSSR count). The first-order valence-electron chi connectivity index (χ1n) is 7.58. The number of carbonyl (C=O) groups excluding carboxylic acids is 3. The molecule has 1 aliphatic carbocycles. The second kappa shape index (κ2) is 6.89. The molecule has 1 atom stereocenters. The summed E-state index contributed by atoms with van der Waals surface area (Å²) in [6, 6.07) is -1.38. The van der Waals surface area contributed by atoms with Gasteiger partial charge in [-0.05, 0) is 19.3 Å². The monoisotopic (exact) mass is 297 g/mol. The van der Waals surface area contributed by atoms with Gasteiger partial charge in [0, 0.05) is 6.42 Å². The van der Waals surface area contributed by atoms with Crippen LogP contribution < -0.4 is 16.0 Å². The number of hydrogen-bond donors (Lipinski definition) is 4. The van der Waals surface area contributed by atoms with E-state index in [0.29, 0.717) is 0 Å². The van der Waals surface area contributed by atoms with Crippen LogP contribution in [0.5, 0.6) is 0 Å². The third-order valence-corrected chi connectivity index (χ3v) is 4.29. The minimum Gasteiger partial charge on any atom is -0.394 e. The van der Waals surface area contributed by atoms with Crippen LogP contribution in [0.25, 0.3) is 0 Å². The molecule has 0 unspecified atom stereocenters. The predicted molar refractivity (Wildman–Crippen MR) is 75.4 cm³/mol. The van der Waals surface area contributed by atoms with Gasteiger partial charge in [0.2, 0.25) is 11.8 Å². The smallest absolute Gasteiger partial charge is 0.322 e. The standard InChI is InChI=1S/C14H23N3O4/c18-9-14(7-3-1-2-4-8-14)17-12(20)10-5-6-11(19)16-13(21)15-10/h10,18H,1-9H2,(H,17,20)(H2,15,16,19,21)/t10-/m0/s1. The van der Waals surface area contributed by atoms with Crippen LogP contribution in [0.3, 0.4) is 0 Å². The molecule has 21 heavy (non-hydrogen) atoms. The maximum Gasteiger partial charge on any atom is 0.322 e. The van der Waals surface area contributed by atoms with Gasteiger partial charge in [-0.1, -0.05) is 25.7 Å². The summed E-state index contributed by atoms with van der Waals surface area (Å²) in [7, 11) is 0. The maximum atomic E-state index is 12.4. The summed E-state index contributed by atoms with van der Waals surface area (Å²) in [5.41, 5.74) is -0.595. The molecule has 0 radical (unpaired) electrons. The van der Waals surface area contributed by atoms with E-state index < -0.39 is 17.6 Å². The van der Waals surface area contributed by atoms with Crippen molar-refractivity contribution >= 4 is 17.8 Å². The maximum absolute atomic E-state index is 12.4. The normalized spacial score (nSPS) is 26.0. The average Bonchev–Trinajstić information content (AvgIpc) is 2.77. The van der Waals surface area contributed by atoms with Crippen molar-refractivity contribution in [2.75, 3.05) is 6.61 Å². The molecule has 0 aromatic rings. The molecule has 4 N–H and O–H groups in total. The topological polar surface area (TPSA) is 108 Å². The summed E-state index contributed by atoms with van der Waals surface area (Å²) in [4.78, 5) is 35.1. The fourth-order valence-corrected chi connectivity index (χ4v) is 3.00. The lowest BCUT2D eigenvalue weighted by Gasteiger charge is -2.33. The highest BCUT2D eigenvalue weighted by Crippen LogP contribution is 2.27. The molecule has 0 aromatic heterocycles. The van der Waals surface area contributed by atoms with Gasteiger partial charge in [-0.25, -0.2) is 4.79 Å². The molecule has 1 saturated heterocycles. The van der Waals surface area contributed by atoms with E-state index >= 15 is 0 Å². The minimum absolute atomic E-state index is 0.101. The van der Waals surface area contributed by atoms with E-state index in [1.807, 2.05) is 0 Å².